The first-order valence-corrected chi connectivity index (χ1v) is 12.9. The second-order valence-electron chi connectivity index (χ2n) is 8.27. The van der Waals surface area contributed by atoms with Gasteiger partial charge in [-0.2, -0.15) is 10.0 Å². The smallest absolute Gasteiger partial charge is 0.288 e. The molecule has 0 spiro atoms. The van der Waals surface area contributed by atoms with E-state index in [1.807, 2.05) is 0 Å². The number of carbonyl (C=O) groups excluding carboxylic acids is 3. The number of ether oxygens (including phenoxy) is 2. The van der Waals surface area contributed by atoms with Crippen LogP contribution in [-0.2, 0) is 11.4 Å². The molecular formula is C26H15ClFN3O7S2. The Morgan fingerprint density at radius 1 is 1.05 bits per heavy atom. The summed E-state index contributed by atoms with van der Waals surface area (Å²) in [5, 5.41) is 12.9. The van der Waals surface area contributed by atoms with Crippen LogP contribution in [0.3, 0.4) is 0 Å². The van der Waals surface area contributed by atoms with Gasteiger partial charge in [0.05, 0.1) is 27.5 Å². The van der Waals surface area contributed by atoms with Gasteiger partial charge in [-0.25, -0.2) is 4.39 Å². The summed E-state index contributed by atoms with van der Waals surface area (Å²) < 4.78 is 25.1. The SMILES string of the molecule is COc1cc(/C=C2\SC(=S)N(N3C(=O)c4cccc([N+](=O)[O-])c4C3=O)C2=O)ccc1OCc1c(F)cccc1Cl. The molecule has 0 N–H and O–H groups in total. The largest absolute Gasteiger partial charge is 0.493 e. The van der Waals surface area contributed by atoms with E-state index >= 15 is 0 Å². The number of rotatable bonds is 7. The first-order chi connectivity index (χ1) is 19.1. The van der Waals surface area contributed by atoms with Gasteiger partial charge in [-0.15, -0.1) is 0 Å². The van der Waals surface area contributed by atoms with Crippen LogP contribution in [0.1, 0.15) is 31.8 Å². The zero-order chi connectivity index (χ0) is 28.7. The van der Waals surface area contributed by atoms with Gasteiger partial charge in [0.2, 0.25) is 0 Å². The van der Waals surface area contributed by atoms with Crippen LogP contribution in [0.25, 0.3) is 6.08 Å². The van der Waals surface area contributed by atoms with Crippen LogP contribution >= 0.6 is 35.6 Å². The van der Waals surface area contributed by atoms with Gasteiger partial charge in [-0.3, -0.25) is 24.5 Å². The summed E-state index contributed by atoms with van der Waals surface area (Å²) in [5.41, 5.74) is -0.489. The van der Waals surface area contributed by atoms with Crippen LogP contribution in [0.4, 0.5) is 10.1 Å². The number of methoxy groups -OCH3 is 1. The molecule has 0 unspecified atom stereocenters. The van der Waals surface area contributed by atoms with Crippen molar-refractivity contribution in [2.24, 2.45) is 0 Å². The Balaban J connectivity index is 1.39. The van der Waals surface area contributed by atoms with Crippen molar-refractivity contribution in [3.05, 3.63) is 103 Å². The quantitative estimate of drug-likeness (QED) is 0.116. The molecule has 0 aromatic heterocycles. The third kappa shape index (κ3) is 4.68. The van der Waals surface area contributed by atoms with Crippen LogP contribution in [0, 0.1) is 15.9 Å². The Kier molecular flexibility index (Phi) is 7.27. The lowest BCUT2D eigenvalue weighted by atomic mass is 10.1. The molecule has 0 radical (unpaired) electrons. The van der Waals surface area contributed by atoms with E-state index in [2.05, 4.69) is 0 Å². The number of benzene rings is 3. The monoisotopic (exact) mass is 599 g/mol. The normalized spacial score (nSPS) is 15.7. The van der Waals surface area contributed by atoms with Crippen molar-refractivity contribution < 1.29 is 33.2 Å². The number of hydrazine groups is 1. The van der Waals surface area contributed by atoms with Gasteiger partial charge < -0.3 is 9.47 Å². The zero-order valence-corrected chi connectivity index (χ0v) is 22.6. The van der Waals surface area contributed by atoms with Crippen LogP contribution in [0.2, 0.25) is 5.02 Å². The fraction of sp³-hybridized carbons (Fsp3) is 0.0769. The number of thiocarbonyl (C=S) groups is 1. The highest BCUT2D eigenvalue weighted by Gasteiger charge is 2.49. The Labute approximate surface area is 240 Å². The molecule has 202 valence electrons. The number of nitrogens with zero attached hydrogens (tertiary/aromatic N) is 3. The summed E-state index contributed by atoms with van der Waals surface area (Å²) >= 11 is 12.2. The van der Waals surface area contributed by atoms with Crippen LogP contribution < -0.4 is 9.47 Å². The standard InChI is InChI=1S/C26H15ClFN3O7S2/c1-37-20-10-13(8-9-19(20)38-12-15-16(27)5-3-6-17(15)28)11-21-24(33)30(26(39)40-21)29-23(32)14-4-2-7-18(31(35)36)22(14)25(29)34/h2-11H,12H2,1H3/b21-11-. The zero-order valence-electron chi connectivity index (χ0n) is 20.3. The highest BCUT2D eigenvalue weighted by atomic mass is 35.5. The van der Waals surface area contributed by atoms with E-state index in [4.69, 9.17) is 33.3 Å². The summed E-state index contributed by atoms with van der Waals surface area (Å²) in [6.45, 7) is -0.154. The lowest BCUT2D eigenvalue weighted by Gasteiger charge is -2.23. The number of amides is 3. The van der Waals surface area contributed by atoms with E-state index in [0.717, 1.165) is 22.8 Å². The predicted octanol–water partition coefficient (Wildman–Crippen LogP) is 5.39. The molecule has 0 bridgehead atoms. The second-order valence-corrected chi connectivity index (χ2v) is 10.4. The fourth-order valence-corrected chi connectivity index (χ4v) is 5.55. The van der Waals surface area contributed by atoms with Gasteiger partial charge in [-0.05, 0) is 54.2 Å². The van der Waals surface area contributed by atoms with Gasteiger partial charge in [0.25, 0.3) is 23.4 Å². The minimum Gasteiger partial charge on any atom is -0.493 e. The molecule has 0 atom stereocenters. The van der Waals surface area contributed by atoms with Gasteiger partial charge >= 0.3 is 0 Å². The molecule has 2 aliphatic heterocycles. The average molecular weight is 600 g/mol. The van der Waals surface area contributed by atoms with Crippen molar-refractivity contribution in [1.29, 1.82) is 0 Å². The average Bonchev–Trinajstić information content (AvgIpc) is 3.34. The third-order valence-electron chi connectivity index (χ3n) is 5.96. The number of halogens is 2. The predicted molar refractivity (Wildman–Crippen MR) is 147 cm³/mol. The Morgan fingerprint density at radius 2 is 1.80 bits per heavy atom. The van der Waals surface area contributed by atoms with Crippen molar-refractivity contribution in [2.75, 3.05) is 7.11 Å². The molecule has 40 heavy (non-hydrogen) atoms. The summed E-state index contributed by atoms with van der Waals surface area (Å²) in [5.74, 6) is -2.63. The maximum atomic E-state index is 14.1. The summed E-state index contributed by atoms with van der Waals surface area (Å²) in [6, 6.07) is 12.7. The van der Waals surface area contributed by atoms with Crippen molar-refractivity contribution >= 4 is 69.4 Å². The number of hydrogen-bond acceptors (Lipinski definition) is 9. The Hall–Kier alpha value is -4.33. The number of thioether (sulfide) groups is 1. The minimum absolute atomic E-state index is 0.0879. The number of nitro benzene ring substituents is 1. The van der Waals surface area contributed by atoms with E-state index in [1.54, 1.807) is 24.3 Å². The first-order valence-electron chi connectivity index (χ1n) is 11.3. The molecule has 0 saturated carbocycles. The molecule has 10 nitrogen and oxygen atoms in total. The lowest BCUT2D eigenvalue weighted by molar-refractivity contribution is -0.385. The molecule has 3 aromatic carbocycles. The second kappa shape index (κ2) is 10.7. The molecule has 3 amide bonds. The maximum Gasteiger partial charge on any atom is 0.288 e. The molecule has 0 aliphatic carbocycles. The van der Waals surface area contributed by atoms with Crippen LogP contribution in [0.5, 0.6) is 11.5 Å². The maximum absolute atomic E-state index is 14.1. The minimum atomic E-state index is -1.03. The fourth-order valence-electron chi connectivity index (χ4n) is 4.09. The molecule has 1 fully saturated rings. The highest BCUT2D eigenvalue weighted by Crippen LogP contribution is 2.39. The lowest BCUT2D eigenvalue weighted by Crippen LogP contribution is -2.48. The van der Waals surface area contributed by atoms with Crippen molar-refractivity contribution in [3.8, 4) is 11.5 Å². The van der Waals surface area contributed by atoms with Crippen molar-refractivity contribution in [3.63, 3.8) is 0 Å². The van der Waals surface area contributed by atoms with E-state index in [1.165, 1.54) is 37.5 Å². The molecule has 1 saturated heterocycles. The van der Waals surface area contributed by atoms with Gasteiger partial charge in [-0.1, -0.05) is 41.6 Å². The van der Waals surface area contributed by atoms with Crippen LogP contribution in [-0.4, -0.2) is 44.1 Å². The van der Waals surface area contributed by atoms with E-state index in [9.17, 15) is 28.9 Å². The summed E-state index contributed by atoms with van der Waals surface area (Å²) in [7, 11) is 1.41. The van der Waals surface area contributed by atoms with Crippen molar-refractivity contribution in [2.45, 2.75) is 6.61 Å². The number of carbonyl (C=O) groups is 3. The van der Waals surface area contributed by atoms with E-state index < -0.39 is 39.7 Å². The molecule has 2 heterocycles. The Bertz CT molecular complexity index is 1660. The van der Waals surface area contributed by atoms with Gasteiger partial charge in [0.1, 0.15) is 18.0 Å². The van der Waals surface area contributed by atoms with Gasteiger partial charge in [0, 0.05) is 11.6 Å². The van der Waals surface area contributed by atoms with Gasteiger partial charge in [0.15, 0.2) is 15.8 Å². The summed E-state index contributed by atoms with van der Waals surface area (Å²) in [6.07, 6.45) is 1.47. The van der Waals surface area contributed by atoms with E-state index in [0.29, 0.717) is 16.3 Å². The molecule has 5 rings (SSSR count). The number of fused-ring (bicyclic) bond motifs is 1. The number of hydrogen-bond donors (Lipinski definition) is 0. The summed E-state index contributed by atoms with van der Waals surface area (Å²) in [4.78, 5) is 50.0. The molecular weight excluding hydrogens is 585 g/mol. The Morgan fingerprint density at radius 3 is 2.50 bits per heavy atom. The first kappa shape index (κ1) is 27.2. The van der Waals surface area contributed by atoms with Crippen LogP contribution in [0.15, 0.2) is 59.5 Å². The number of nitro groups is 1. The molecule has 3 aromatic rings. The third-order valence-corrected chi connectivity index (χ3v) is 7.60. The highest BCUT2D eigenvalue weighted by molar-refractivity contribution is 8.26. The molecule has 14 heteroatoms. The van der Waals surface area contributed by atoms with Crippen molar-refractivity contribution in [1.82, 2.24) is 10.0 Å². The van der Waals surface area contributed by atoms with E-state index in [-0.39, 0.29) is 37.7 Å². The molecule has 2 aliphatic rings. The number of imide groups is 1. The topological polar surface area (TPSA) is 119 Å².